The number of amides is 1. The Morgan fingerprint density at radius 2 is 1.50 bits per heavy atom. The Balaban J connectivity index is 1.82. The predicted molar refractivity (Wildman–Crippen MR) is 133 cm³/mol. The first-order valence-corrected chi connectivity index (χ1v) is 11.0. The number of hydrogen-bond acceptors (Lipinski definition) is 4. The average Bonchev–Trinajstić information content (AvgIpc) is 3.25. The van der Waals surface area contributed by atoms with Gasteiger partial charge in [0.05, 0.1) is 25.4 Å². The number of aryl methyl sites for hydroxylation is 2. The van der Waals surface area contributed by atoms with E-state index in [1.54, 1.807) is 25.0 Å². The van der Waals surface area contributed by atoms with E-state index in [9.17, 15) is 9.59 Å². The summed E-state index contributed by atoms with van der Waals surface area (Å²) in [6, 6.07) is 17.4. The van der Waals surface area contributed by atoms with Crippen LogP contribution in [0, 0.1) is 20.8 Å². The predicted octanol–water partition coefficient (Wildman–Crippen LogP) is 5.29. The second-order valence-corrected chi connectivity index (χ2v) is 8.35. The van der Waals surface area contributed by atoms with Crippen molar-refractivity contribution in [3.8, 4) is 11.4 Å². The zero-order valence-electron chi connectivity index (χ0n) is 20.3. The van der Waals surface area contributed by atoms with Crippen LogP contribution in [-0.4, -0.2) is 30.7 Å². The van der Waals surface area contributed by atoms with Gasteiger partial charge in [0.1, 0.15) is 5.75 Å². The molecular formula is C28H28N2O4. The third-order valence-corrected chi connectivity index (χ3v) is 6.18. The normalized spacial score (nSPS) is 14.8. The van der Waals surface area contributed by atoms with E-state index < -0.39 is 5.97 Å². The standard InChI is InChI=1S/C28H28N2O4/c1-17-7-9-23(10-8-17)30-20(4)26(28(32)34-6)25(27(30)31)16-21-15-18(2)29(19(21)3)22-11-13-24(33-5)14-12-22/h7-16H,1-6H3/b25-16-. The molecule has 1 amide bonds. The fourth-order valence-electron chi connectivity index (χ4n) is 4.40. The molecule has 1 aromatic heterocycles. The monoisotopic (exact) mass is 456 g/mol. The second-order valence-electron chi connectivity index (χ2n) is 8.35. The van der Waals surface area contributed by atoms with Gasteiger partial charge in [-0.3, -0.25) is 9.69 Å². The van der Waals surface area contributed by atoms with Crippen molar-refractivity contribution in [2.75, 3.05) is 19.1 Å². The molecule has 6 heteroatoms. The number of aromatic nitrogens is 1. The maximum atomic E-state index is 13.6. The highest BCUT2D eigenvalue weighted by Crippen LogP contribution is 2.36. The van der Waals surface area contributed by atoms with Gasteiger partial charge in [-0.1, -0.05) is 17.7 Å². The Kier molecular flexibility index (Phi) is 6.16. The van der Waals surface area contributed by atoms with Crippen LogP contribution in [0.15, 0.2) is 71.4 Å². The molecule has 0 radical (unpaired) electrons. The quantitative estimate of drug-likeness (QED) is 0.387. The van der Waals surface area contributed by atoms with Gasteiger partial charge in [0.25, 0.3) is 5.91 Å². The van der Waals surface area contributed by atoms with Crippen LogP contribution in [-0.2, 0) is 14.3 Å². The number of rotatable bonds is 5. The lowest BCUT2D eigenvalue weighted by molar-refractivity contribution is -0.136. The number of allylic oxidation sites excluding steroid dienone is 1. The van der Waals surface area contributed by atoms with E-state index in [-0.39, 0.29) is 11.5 Å². The van der Waals surface area contributed by atoms with Crippen molar-refractivity contribution in [3.05, 3.63) is 94.0 Å². The summed E-state index contributed by atoms with van der Waals surface area (Å²) in [4.78, 5) is 27.9. The van der Waals surface area contributed by atoms with Crippen molar-refractivity contribution in [2.45, 2.75) is 27.7 Å². The summed E-state index contributed by atoms with van der Waals surface area (Å²) in [7, 11) is 2.97. The highest BCUT2D eigenvalue weighted by atomic mass is 16.5. The molecule has 1 aliphatic heterocycles. The first kappa shape index (κ1) is 23.1. The van der Waals surface area contributed by atoms with Gasteiger partial charge in [0.15, 0.2) is 0 Å². The maximum Gasteiger partial charge on any atom is 0.340 e. The Morgan fingerprint density at radius 3 is 2.09 bits per heavy atom. The van der Waals surface area contributed by atoms with Gasteiger partial charge < -0.3 is 14.0 Å². The number of benzene rings is 2. The van der Waals surface area contributed by atoms with Gasteiger partial charge in [-0.2, -0.15) is 0 Å². The molecule has 3 aromatic rings. The summed E-state index contributed by atoms with van der Waals surface area (Å²) >= 11 is 0. The number of carbonyl (C=O) groups is 2. The van der Waals surface area contributed by atoms with Crippen LogP contribution in [0.4, 0.5) is 5.69 Å². The molecular weight excluding hydrogens is 428 g/mol. The highest BCUT2D eigenvalue weighted by Gasteiger charge is 2.38. The van der Waals surface area contributed by atoms with Crippen molar-refractivity contribution >= 4 is 23.6 Å². The van der Waals surface area contributed by atoms with Crippen molar-refractivity contribution in [2.24, 2.45) is 0 Å². The Labute approximate surface area is 199 Å². The molecule has 0 atom stereocenters. The Morgan fingerprint density at radius 1 is 0.882 bits per heavy atom. The maximum absolute atomic E-state index is 13.6. The second kappa shape index (κ2) is 9.06. The van der Waals surface area contributed by atoms with Gasteiger partial charge in [-0.25, -0.2) is 4.79 Å². The summed E-state index contributed by atoms with van der Waals surface area (Å²) in [5.74, 6) is -0.00341. The van der Waals surface area contributed by atoms with E-state index >= 15 is 0 Å². The summed E-state index contributed by atoms with van der Waals surface area (Å²) < 4.78 is 12.4. The third-order valence-electron chi connectivity index (χ3n) is 6.18. The molecule has 4 rings (SSSR count). The lowest BCUT2D eigenvalue weighted by Crippen LogP contribution is -2.24. The molecule has 2 heterocycles. The lowest BCUT2D eigenvalue weighted by Gasteiger charge is -2.18. The number of nitrogens with zero attached hydrogens (tertiary/aromatic N) is 2. The van der Waals surface area contributed by atoms with Gasteiger partial charge in [-0.05, 0) is 81.8 Å². The highest BCUT2D eigenvalue weighted by molar-refractivity contribution is 6.23. The molecule has 0 unspecified atom stereocenters. The van der Waals surface area contributed by atoms with E-state index in [4.69, 9.17) is 9.47 Å². The fraction of sp³-hybridized carbons (Fsp3) is 0.214. The topological polar surface area (TPSA) is 60.8 Å². The van der Waals surface area contributed by atoms with Crippen LogP contribution in [0.2, 0.25) is 0 Å². The van der Waals surface area contributed by atoms with E-state index in [1.165, 1.54) is 7.11 Å². The van der Waals surface area contributed by atoms with Crippen molar-refractivity contribution in [1.82, 2.24) is 4.57 Å². The molecule has 0 saturated heterocycles. The van der Waals surface area contributed by atoms with Crippen LogP contribution in [0.5, 0.6) is 5.75 Å². The van der Waals surface area contributed by atoms with Crippen molar-refractivity contribution in [1.29, 1.82) is 0 Å². The minimum Gasteiger partial charge on any atom is -0.497 e. The molecule has 174 valence electrons. The van der Waals surface area contributed by atoms with Crippen LogP contribution < -0.4 is 9.64 Å². The summed E-state index contributed by atoms with van der Waals surface area (Å²) in [5.41, 5.74) is 6.76. The molecule has 0 spiro atoms. The van der Waals surface area contributed by atoms with Gasteiger partial charge in [-0.15, -0.1) is 0 Å². The van der Waals surface area contributed by atoms with Crippen LogP contribution >= 0.6 is 0 Å². The molecule has 2 aromatic carbocycles. The number of hydrogen-bond donors (Lipinski definition) is 0. The molecule has 0 bridgehead atoms. The number of anilines is 1. The molecule has 1 aliphatic rings. The van der Waals surface area contributed by atoms with E-state index in [1.807, 2.05) is 75.4 Å². The van der Waals surface area contributed by atoms with Crippen LogP contribution in [0.3, 0.4) is 0 Å². The van der Waals surface area contributed by atoms with Crippen molar-refractivity contribution < 1.29 is 19.1 Å². The number of carbonyl (C=O) groups excluding carboxylic acids is 2. The van der Waals surface area contributed by atoms with Crippen LogP contribution in [0.1, 0.15) is 29.4 Å². The number of esters is 1. The molecule has 0 saturated carbocycles. The van der Waals surface area contributed by atoms with Gasteiger partial charge in [0, 0.05) is 28.5 Å². The minimum absolute atomic E-state index is 0.254. The smallest absolute Gasteiger partial charge is 0.340 e. The zero-order chi connectivity index (χ0) is 24.6. The van der Waals surface area contributed by atoms with E-state index in [0.717, 1.165) is 34.0 Å². The summed E-state index contributed by atoms with van der Waals surface area (Å²) in [6.07, 6.45) is 1.79. The first-order chi connectivity index (χ1) is 16.3. The molecule has 6 nitrogen and oxygen atoms in total. The fourth-order valence-corrected chi connectivity index (χ4v) is 4.40. The molecule has 0 fully saturated rings. The molecule has 0 N–H and O–H groups in total. The summed E-state index contributed by atoms with van der Waals surface area (Å²) in [6.45, 7) is 7.76. The van der Waals surface area contributed by atoms with E-state index in [2.05, 4.69) is 4.57 Å². The number of ether oxygens (including phenoxy) is 2. The Bertz CT molecular complexity index is 1330. The third kappa shape index (κ3) is 3.92. The first-order valence-electron chi connectivity index (χ1n) is 11.0. The van der Waals surface area contributed by atoms with Crippen molar-refractivity contribution in [3.63, 3.8) is 0 Å². The zero-order valence-corrected chi connectivity index (χ0v) is 20.3. The minimum atomic E-state index is -0.532. The average molecular weight is 457 g/mol. The summed E-state index contributed by atoms with van der Waals surface area (Å²) in [5, 5.41) is 0. The van der Waals surface area contributed by atoms with Gasteiger partial charge >= 0.3 is 5.97 Å². The van der Waals surface area contributed by atoms with Crippen LogP contribution in [0.25, 0.3) is 11.8 Å². The molecule has 34 heavy (non-hydrogen) atoms. The number of methoxy groups -OCH3 is 2. The lowest BCUT2D eigenvalue weighted by atomic mass is 10.0. The van der Waals surface area contributed by atoms with E-state index in [0.29, 0.717) is 17.0 Å². The molecule has 0 aliphatic carbocycles. The Hall–Kier alpha value is -4.06. The SMILES string of the molecule is COC(=O)C1=C(C)N(c2ccc(C)cc2)C(=O)/C1=C\c1cc(C)n(-c2ccc(OC)cc2)c1C. The largest absolute Gasteiger partial charge is 0.497 e. The van der Waals surface area contributed by atoms with Gasteiger partial charge in [0.2, 0.25) is 0 Å².